The zero-order valence-corrected chi connectivity index (χ0v) is 15.1. The number of methoxy groups -OCH3 is 1. The molecule has 1 saturated heterocycles. The van der Waals surface area contributed by atoms with E-state index in [1.807, 2.05) is 13.8 Å². The Morgan fingerprint density at radius 1 is 1.48 bits per heavy atom. The van der Waals surface area contributed by atoms with Crippen LogP contribution < -0.4 is 5.32 Å². The molecular formula is C17H26N2O3S. The number of esters is 1. The van der Waals surface area contributed by atoms with Gasteiger partial charge in [-0.1, -0.05) is 6.92 Å². The minimum Gasteiger partial charge on any atom is -0.469 e. The van der Waals surface area contributed by atoms with Gasteiger partial charge in [0.15, 0.2) is 0 Å². The molecule has 0 radical (unpaired) electrons. The van der Waals surface area contributed by atoms with Gasteiger partial charge >= 0.3 is 12.0 Å². The van der Waals surface area contributed by atoms with Gasteiger partial charge in [0.05, 0.1) is 13.0 Å². The lowest BCUT2D eigenvalue weighted by Gasteiger charge is -2.36. The first kappa shape index (κ1) is 17.8. The maximum atomic E-state index is 12.4. The zero-order valence-electron chi connectivity index (χ0n) is 14.3. The third kappa shape index (κ3) is 4.70. The van der Waals surface area contributed by atoms with Crippen LogP contribution in [0.3, 0.4) is 0 Å². The third-order valence-corrected chi connectivity index (χ3v) is 5.39. The molecule has 23 heavy (non-hydrogen) atoms. The largest absolute Gasteiger partial charge is 0.469 e. The lowest BCUT2D eigenvalue weighted by Crippen LogP contribution is -2.51. The summed E-state index contributed by atoms with van der Waals surface area (Å²) in [4.78, 5) is 28.5. The van der Waals surface area contributed by atoms with Gasteiger partial charge in [0, 0.05) is 35.3 Å². The summed E-state index contributed by atoms with van der Waals surface area (Å²) < 4.78 is 4.83. The summed E-state index contributed by atoms with van der Waals surface area (Å²) in [5.74, 6) is -0.147. The molecule has 1 aromatic heterocycles. The number of aryl methyl sites for hydroxylation is 1. The average Bonchev–Trinajstić information content (AvgIpc) is 2.91. The normalized spacial score (nSPS) is 22.5. The second kappa shape index (κ2) is 7.81. The molecule has 1 aliphatic rings. The summed E-state index contributed by atoms with van der Waals surface area (Å²) >= 11 is 1.77. The summed E-state index contributed by atoms with van der Waals surface area (Å²) in [5.41, 5.74) is 0. The van der Waals surface area contributed by atoms with Crippen molar-refractivity contribution in [2.24, 2.45) is 11.8 Å². The standard InChI is InChI=1S/C17H26N2O3S/c1-11-10-19(8-7-15(11)16(20)22-4)17(21)18-12(2)9-14-6-5-13(3)23-14/h5-6,11-12,15H,7-10H2,1-4H3,(H,18,21)/t11-,12-,15+/m0/s1. The molecule has 1 fully saturated rings. The van der Waals surface area contributed by atoms with Gasteiger partial charge in [-0.15, -0.1) is 11.3 Å². The topological polar surface area (TPSA) is 58.6 Å². The average molecular weight is 338 g/mol. The molecule has 2 amide bonds. The number of ether oxygens (including phenoxy) is 1. The van der Waals surface area contributed by atoms with Gasteiger partial charge < -0.3 is 15.0 Å². The Hall–Kier alpha value is -1.56. The summed E-state index contributed by atoms with van der Waals surface area (Å²) in [7, 11) is 1.42. The molecule has 1 N–H and O–H groups in total. The molecule has 0 bridgehead atoms. The molecule has 0 aromatic carbocycles. The van der Waals surface area contributed by atoms with Crippen LogP contribution in [-0.4, -0.2) is 43.1 Å². The van der Waals surface area contributed by atoms with Crippen LogP contribution in [-0.2, 0) is 16.0 Å². The first-order valence-electron chi connectivity index (χ1n) is 8.09. The van der Waals surface area contributed by atoms with Crippen LogP contribution in [0.1, 0.15) is 30.0 Å². The SMILES string of the molecule is COC(=O)[C@@H]1CCN(C(=O)N[C@@H](C)Cc2ccc(C)s2)C[C@@H]1C. The molecule has 2 rings (SSSR count). The highest BCUT2D eigenvalue weighted by atomic mass is 32.1. The molecule has 1 aliphatic heterocycles. The molecular weight excluding hydrogens is 312 g/mol. The maximum absolute atomic E-state index is 12.4. The molecule has 1 aromatic rings. The van der Waals surface area contributed by atoms with Crippen LogP contribution >= 0.6 is 11.3 Å². The minimum absolute atomic E-state index is 0.0408. The maximum Gasteiger partial charge on any atom is 0.317 e. The van der Waals surface area contributed by atoms with Crippen molar-refractivity contribution in [3.05, 3.63) is 21.9 Å². The highest BCUT2D eigenvalue weighted by Gasteiger charge is 2.33. The number of nitrogens with zero attached hydrogens (tertiary/aromatic N) is 1. The number of piperidine rings is 1. The molecule has 3 atom stereocenters. The van der Waals surface area contributed by atoms with Gasteiger partial charge in [0.25, 0.3) is 0 Å². The van der Waals surface area contributed by atoms with E-state index in [2.05, 4.69) is 24.4 Å². The Morgan fingerprint density at radius 3 is 2.78 bits per heavy atom. The number of carbonyl (C=O) groups is 2. The zero-order chi connectivity index (χ0) is 17.0. The molecule has 5 nitrogen and oxygen atoms in total. The Balaban J connectivity index is 1.83. The fourth-order valence-corrected chi connectivity index (χ4v) is 4.10. The second-order valence-corrected chi connectivity index (χ2v) is 7.78. The van der Waals surface area contributed by atoms with Crippen LogP contribution in [0.5, 0.6) is 0 Å². The molecule has 0 spiro atoms. The monoisotopic (exact) mass is 338 g/mol. The van der Waals surface area contributed by atoms with Crippen molar-refractivity contribution in [2.75, 3.05) is 20.2 Å². The van der Waals surface area contributed by atoms with Crippen LogP contribution in [0, 0.1) is 18.8 Å². The molecule has 0 unspecified atom stereocenters. The first-order chi connectivity index (χ1) is 10.9. The van der Waals surface area contributed by atoms with Crippen LogP contribution in [0.2, 0.25) is 0 Å². The van der Waals surface area contributed by atoms with Crippen molar-refractivity contribution >= 4 is 23.3 Å². The van der Waals surface area contributed by atoms with E-state index in [-0.39, 0.29) is 29.9 Å². The van der Waals surface area contributed by atoms with E-state index in [0.717, 1.165) is 6.42 Å². The van der Waals surface area contributed by atoms with E-state index in [1.165, 1.54) is 16.9 Å². The lowest BCUT2D eigenvalue weighted by atomic mass is 9.87. The van der Waals surface area contributed by atoms with Crippen LogP contribution in [0.25, 0.3) is 0 Å². The van der Waals surface area contributed by atoms with Gasteiger partial charge in [-0.25, -0.2) is 4.79 Å². The molecule has 2 heterocycles. The molecule has 6 heteroatoms. The number of hydrogen-bond acceptors (Lipinski definition) is 4. The van der Waals surface area contributed by atoms with Crippen molar-refractivity contribution < 1.29 is 14.3 Å². The van der Waals surface area contributed by atoms with Crippen molar-refractivity contribution in [1.29, 1.82) is 0 Å². The Kier molecular flexibility index (Phi) is 6.04. The van der Waals surface area contributed by atoms with E-state index in [1.54, 1.807) is 16.2 Å². The van der Waals surface area contributed by atoms with Gasteiger partial charge in [0.2, 0.25) is 0 Å². The van der Waals surface area contributed by atoms with Crippen LogP contribution in [0.15, 0.2) is 12.1 Å². The molecule has 0 saturated carbocycles. The van der Waals surface area contributed by atoms with Crippen molar-refractivity contribution in [3.8, 4) is 0 Å². The summed E-state index contributed by atoms with van der Waals surface area (Å²) in [6, 6.07) is 4.27. The second-order valence-electron chi connectivity index (χ2n) is 6.41. The van der Waals surface area contributed by atoms with Crippen molar-refractivity contribution in [3.63, 3.8) is 0 Å². The number of nitrogens with one attached hydrogen (secondary N) is 1. The quantitative estimate of drug-likeness (QED) is 0.859. The predicted molar refractivity (Wildman–Crippen MR) is 91.6 cm³/mol. The molecule has 0 aliphatic carbocycles. The number of carbonyl (C=O) groups excluding carboxylic acids is 2. The summed E-state index contributed by atoms with van der Waals surface area (Å²) in [5, 5.41) is 3.06. The minimum atomic E-state index is -0.168. The van der Waals surface area contributed by atoms with E-state index in [9.17, 15) is 9.59 Å². The Labute approximate surface area is 142 Å². The number of hydrogen-bond donors (Lipinski definition) is 1. The summed E-state index contributed by atoms with van der Waals surface area (Å²) in [6.45, 7) is 7.30. The van der Waals surface area contributed by atoms with Crippen molar-refractivity contribution in [1.82, 2.24) is 10.2 Å². The van der Waals surface area contributed by atoms with Gasteiger partial charge in [0.1, 0.15) is 0 Å². The smallest absolute Gasteiger partial charge is 0.317 e. The predicted octanol–water partition coefficient (Wildman–Crippen LogP) is 2.83. The summed E-state index contributed by atoms with van der Waals surface area (Å²) in [6.07, 6.45) is 1.51. The van der Waals surface area contributed by atoms with E-state index >= 15 is 0 Å². The number of amides is 2. The fourth-order valence-electron chi connectivity index (χ4n) is 3.08. The van der Waals surface area contributed by atoms with Crippen molar-refractivity contribution in [2.45, 2.75) is 39.7 Å². The van der Waals surface area contributed by atoms with E-state index in [0.29, 0.717) is 19.5 Å². The number of likely N-dealkylation sites (tertiary alicyclic amines) is 1. The highest BCUT2D eigenvalue weighted by Crippen LogP contribution is 2.24. The number of urea groups is 1. The van der Waals surface area contributed by atoms with E-state index < -0.39 is 0 Å². The Bertz CT molecular complexity index is 558. The fraction of sp³-hybridized carbons (Fsp3) is 0.647. The lowest BCUT2D eigenvalue weighted by molar-refractivity contribution is -0.148. The molecule has 128 valence electrons. The van der Waals surface area contributed by atoms with E-state index in [4.69, 9.17) is 4.74 Å². The Morgan fingerprint density at radius 2 is 2.22 bits per heavy atom. The third-order valence-electron chi connectivity index (χ3n) is 4.37. The van der Waals surface area contributed by atoms with Gasteiger partial charge in [-0.3, -0.25) is 4.79 Å². The highest BCUT2D eigenvalue weighted by molar-refractivity contribution is 7.11. The number of thiophene rings is 1. The van der Waals surface area contributed by atoms with Gasteiger partial charge in [-0.05, 0) is 38.3 Å². The first-order valence-corrected chi connectivity index (χ1v) is 8.91. The van der Waals surface area contributed by atoms with Crippen LogP contribution in [0.4, 0.5) is 4.79 Å². The van der Waals surface area contributed by atoms with Gasteiger partial charge in [-0.2, -0.15) is 0 Å². The number of rotatable bonds is 4.